The number of aromatic nitrogens is 2. The first-order valence-corrected chi connectivity index (χ1v) is 7.27. The van der Waals surface area contributed by atoms with Crippen molar-refractivity contribution in [2.75, 3.05) is 14.1 Å². The van der Waals surface area contributed by atoms with E-state index in [2.05, 4.69) is 23.2 Å². The summed E-state index contributed by atoms with van der Waals surface area (Å²) in [4.78, 5) is 18.2. The van der Waals surface area contributed by atoms with E-state index in [1.54, 1.807) is 19.0 Å². The second-order valence-corrected chi connectivity index (χ2v) is 5.69. The van der Waals surface area contributed by atoms with Crippen molar-refractivity contribution in [1.29, 1.82) is 0 Å². The summed E-state index contributed by atoms with van der Waals surface area (Å²) in [5.74, 6) is 0.0713. The third-order valence-electron chi connectivity index (χ3n) is 3.81. The molecule has 0 aliphatic rings. The fraction of sp³-hybridized carbons (Fsp3) is 0.222. The molecule has 112 valence electrons. The Morgan fingerprint density at radius 1 is 1.18 bits per heavy atom. The maximum Gasteiger partial charge on any atom is 0.241 e. The summed E-state index contributed by atoms with van der Waals surface area (Å²) in [5.41, 5.74) is 5.22. The normalized spacial score (nSPS) is 10.9. The SMILES string of the molecule is Cc1cn(CC(=O)N(C)C)c2cc(-c3ccccc3)cnc12. The number of amides is 1. The Labute approximate surface area is 130 Å². The van der Waals surface area contributed by atoms with Crippen molar-refractivity contribution in [3.63, 3.8) is 0 Å². The Bertz CT molecular complexity index is 819. The minimum Gasteiger partial charge on any atom is -0.347 e. The van der Waals surface area contributed by atoms with Gasteiger partial charge < -0.3 is 9.47 Å². The van der Waals surface area contributed by atoms with Crippen molar-refractivity contribution in [2.45, 2.75) is 13.5 Å². The van der Waals surface area contributed by atoms with Crippen LogP contribution in [0.5, 0.6) is 0 Å². The molecule has 2 heterocycles. The molecule has 1 amide bonds. The molecule has 0 unspecified atom stereocenters. The second-order valence-electron chi connectivity index (χ2n) is 5.69. The summed E-state index contributed by atoms with van der Waals surface area (Å²) in [6.45, 7) is 2.35. The molecule has 4 heteroatoms. The van der Waals surface area contributed by atoms with Crippen LogP contribution in [-0.2, 0) is 11.3 Å². The van der Waals surface area contributed by atoms with Gasteiger partial charge in [0.25, 0.3) is 0 Å². The molecule has 0 saturated heterocycles. The fourth-order valence-electron chi connectivity index (χ4n) is 2.55. The van der Waals surface area contributed by atoms with E-state index in [1.807, 2.05) is 42.1 Å². The first-order chi connectivity index (χ1) is 10.6. The zero-order chi connectivity index (χ0) is 15.7. The lowest BCUT2D eigenvalue weighted by Gasteiger charge is -2.11. The molecule has 0 N–H and O–H groups in total. The summed E-state index contributed by atoms with van der Waals surface area (Å²) in [5, 5.41) is 0. The van der Waals surface area contributed by atoms with Crippen LogP contribution in [0.1, 0.15) is 5.56 Å². The Morgan fingerprint density at radius 2 is 1.91 bits per heavy atom. The lowest BCUT2D eigenvalue weighted by atomic mass is 10.1. The molecule has 0 aliphatic heterocycles. The second kappa shape index (κ2) is 5.64. The molecule has 0 spiro atoms. The standard InChI is InChI=1S/C18H19N3O/c1-13-11-21(12-17(22)20(2)3)16-9-15(10-19-18(13)16)14-7-5-4-6-8-14/h4-11H,12H2,1-3H3. The minimum absolute atomic E-state index is 0.0713. The Kier molecular flexibility index (Phi) is 3.67. The highest BCUT2D eigenvalue weighted by Gasteiger charge is 2.12. The van der Waals surface area contributed by atoms with Crippen LogP contribution in [0.3, 0.4) is 0 Å². The summed E-state index contributed by atoms with van der Waals surface area (Å²) in [6.07, 6.45) is 3.89. The zero-order valence-electron chi connectivity index (χ0n) is 13.1. The topological polar surface area (TPSA) is 38.1 Å². The number of pyridine rings is 1. The number of nitrogens with zero attached hydrogens (tertiary/aromatic N) is 3. The van der Waals surface area contributed by atoms with Crippen LogP contribution < -0.4 is 0 Å². The average Bonchev–Trinajstić information content (AvgIpc) is 2.84. The zero-order valence-corrected chi connectivity index (χ0v) is 13.1. The molecule has 0 saturated carbocycles. The van der Waals surface area contributed by atoms with Gasteiger partial charge in [0.15, 0.2) is 0 Å². The lowest BCUT2D eigenvalue weighted by Crippen LogP contribution is -2.25. The number of aryl methyl sites for hydroxylation is 1. The molecule has 22 heavy (non-hydrogen) atoms. The van der Waals surface area contributed by atoms with E-state index in [4.69, 9.17) is 0 Å². The van der Waals surface area contributed by atoms with Gasteiger partial charge in [0.05, 0.1) is 11.0 Å². The van der Waals surface area contributed by atoms with Crippen molar-refractivity contribution in [3.05, 3.63) is 54.4 Å². The molecule has 0 radical (unpaired) electrons. The van der Waals surface area contributed by atoms with Gasteiger partial charge in [0.1, 0.15) is 6.54 Å². The number of fused-ring (bicyclic) bond motifs is 1. The lowest BCUT2D eigenvalue weighted by molar-refractivity contribution is -0.129. The van der Waals surface area contributed by atoms with Gasteiger partial charge in [-0.2, -0.15) is 0 Å². The largest absolute Gasteiger partial charge is 0.347 e. The van der Waals surface area contributed by atoms with Crippen molar-refractivity contribution < 1.29 is 4.79 Å². The molecule has 3 aromatic rings. The fourth-order valence-corrected chi connectivity index (χ4v) is 2.55. The minimum atomic E-state index is 0.0713. The van der Waals surface area contributed by atoms with Gasteiger partial charge in [-0.25, -0.2) is 0 Å². The van der Waals surface area contributed by atoms with Crippen molar-refractivity contribution in [3.8, 4) is 11.1 Å². The Balaban J connectivity index is 2.08. The molecule has 1 aromatic carbocycles. The van der Waals surface area contributed by atoms with E-state index in [9.17, 15) is 4.79 Å². The van der Waals surface area contributed by atoms with Crippen LogP contribution in [0.2, 0.25) is 0 Å². The van der Waals surface area contributed by atoms with Crippen LogP contribution >= 0.6 is 0 Å². The van der Waals surface area contributed by atoms with Gasteiger partial charge in [-0.3, -0.25) is 9.78 Å². The van der Waals surface area contributed by atoms with Crippen molar-refractivity contribution in [2.24, 2.45) is 0 Å². The summed E-state index contributed by atoms with van der Waals surface area (Å²) in [7, 11) is 3.54. The molecule has 0 atom stereocenters. The highest BCUT2D eigenvalue weighted by molar-refractivity contribution is 5.86. The number of carbonyl (C=O) groups is 1. The van der Waals surface area contributed by atoms with Gasteiger partial charge in [0, 0.05) is 32.1 Å². The summed E-state index contributed by atoms with van der Waals surface area (Å²) >= 11 is 0. The molecule has 0 fully saturated rings. The van der Waals surface area contributed by atoms with E-state index < -0.39 is 0 Å². The van der Waals surface area contributed by atoms with Crippen LogP contribution in [0.25, 0.3) is 22.2 Å². The quantitative estimate of drug-likeness (QED) is 0.744. The Morgan fingerprint density at radius 3 is 2.59 bits per heavy atom. The van der Waals surface area contributed by atoms with Crippen LogP contribution in [0.15, 0.2) is 48.8 Å². The third-order valence-corrected chi connectivity index (χ3v) is 3.81. The van der Waals surface area contributed by atoms with Gasteiger partial charge in [-0.1, -0.05) is 30.3 Å². The highest BCUT2D eigenvalue weighted by Crippen LogP contribution is 2.25. The molecule has 0 bridgehead atoms. The van der Waals surface area contributed by atoms with Crippen LogP contribution in [0.4, 0.5) is 0 Å². The number of carbonyl (C=O) groups excluding carboxylic acids is 1. The number of hydrogen-bond acceptors (Lipinski definition) is 2. The summed E-state index contributed by atoms with van der Waals surface area (Å²) < 4.78 is 1.98. The molecule has 3 rings (SSSR count). The van der Waals surface area contributed by atoms with Crippen LogP contribution in [0, 0.1) is 6.92 Å². The maximum absolute atomic E-state index is 12.0. The number of hydrogen-bond donors (Lipinski definition) is 0. The third kappa shape index (κ3) is 2.60. The van der Waals surface area contributed by atoms with Gasteiger partial charge in [0.2, 0.25) is 5.91 Å². The van der Waals surface area contributed by atoms with Gasteiger partial charge in [-0.15, -0.1) is 0 Å². The first kappa shape index (κ1) is 14.3. The molecule has 2 aromatic heterocycles. The van der Waals surface area contributed by atoms with E-state index in [0.717, 1.165) is 27.7 Å². The Hall–Kier alpha value is -2.62. The van der Waals surface area contributed by atoms with Gasteiger partial charge in [-0.05, 0) is 24.1 Å². The van der Waals surface area contributed by atoms with E-state index in [0.29, 0.717) is 6.54 Å². The number of rotatable bonds is 3. The predicted molar refractivity (Wildman–Crippen MR) is 88.6 cm³/mol. The number of likely N-dealkylation sites (N-methyl/N-ethyl adjacent to an activating group) is 1. The monoisotopic (exact) mass is 293 g/mol. The molecule has 0 aliphatic carbocycles. The smallest absolute Gasteiger partial charge is 0.241 e. The van der Waals surface area contributed by atoms with Gasteiger partial charge >= 0.3 is 0 Å². The van der Waals surface area contributed by atoms with Crippen molar-refractivity contribution >= 4 is 16.9 Å². The maximum atomic E-state index is 12.0. The predicted octanol–water partition coefficient (Wildman–Crippen LogP) is 3.10. The van der Waals surface area contributed by atoms with E-state index >= 15 is 0 Å². The van der Waals surface area contributed by atoms with Crippen molar-refractivity contribution in [1.82, 2.24) is 14.5 Å². The van der Waals surface area contributed by atoms with E-state index in [1.165, 1.54) is 0 Å². The highest BCUT2D eigenvalue weighted by atomic mass is 16.2. The molecular weight excluding hydrogens is 274 g/mol. The summed E-state index contributed by atoms with van der Waals surface area (Å²) in [6, 6.07) is 12.3. The number of benzene rings is 1. The molecular formula is C18H19N3O. The molecule has 4 nitrogen and oxygen atoms in total. The van der Waals surface area contributed by atoms with E-state index in [-0.39, 0.29) is 5.91 Å². The van der Waals surface area contributed by atoms with Crippen LogP contribution in [-0.4, -0.2) is 34.5 Å². The average molecular weight is 293 g/mol. The first-order valence-electron chi connectivity index (χ1n) is 7.27.